The number of amides is 1. The largest absolute Gasteiger partial charge is 0.310 e. The van der Waals surface area contributed by atoms with Gasteiger partial charge in [0.1, 0.15) is 0 Å². The lowest BCUT2D eigenvalue weighted by Gasteiger charge is -2.35. The third-order valence-corrected chi connectivity index (χ3v) is 6.49. The molecule has 1 aliphatic rings. The van der Waals surface area contributed by atoms with Crippen LogP contribution in [0.25, 0.3) is 0 Å². The first kappa shape index (κ1) is 18.3. The van der Waals surface area contributed by atoms with Gasteiger partial charge < -0.3 is 4.90 Å². The second-order valence-corrected chi connectivity index (χ2v) is 8.20. The molecule has 0 saturated carbocycles. The number of carbonyl (C=O) groups excluding carboxylic acids is 1. The maximum absolute atomic E-state index is 13.0. The Hall–Kier alpha value is -1.45. The van der Waals surface area contributed by atoms with Crippen molar-refractivity contribution in [1.29, 1.82) is 0 Å². The van der Waals surface area contributed by atoms with Crippen molar-refractivity contribution in [2.75, 3.05) is 11.4 Å². The first-order valence-corrected chi connectivity index (χ1v) is 10.2. The van der Waals surface area contributed by atoms with E-state index in [1.54, 1.807) is 0 Å². The molecule has 1 unspecified atom stereocenters. The molecular formula is C21H24ClNOS. The zero-order valence-corrected chi connectivity index (χ0v) is 16.3. The van der Waals surface area contributed by atoms with Crippen molar-refractivity contribution in [2.24, 2.45) is 5.92 Å². The number of hydrogen-bond donors (Lipinski definition) is 0. The zero-order valence-electron chi connectivity index (χ0n) is 14.7. The van der Waals surface area contributed by atoms with Gasteiger partial charge in [-0.25, -0.2) is 0 Å². The lowest BCUT2D eigenvalue weighted by atomic mass is 9.98. The van der Waals surface area contributed by atoms with Gasteiger partial charge in [0.25, 0.3) is 0 Å². The van der Waals surface area contributed by atoms with Gasteiger partial charge in [0.15, 0.2) is 0 Å². The van der Waals surface area contributed by atoms with Gasteiger partial charge in [0, 0.05) is 22.9 Å². The van der Waals surface area contributed by atoms with Crippen molar-refractivity contribution < 1.29 is 4.79 Å². The van der Waals surface area contributed by atoms with E-state index in [0.29, 0.717) is 18.9 Å². The molecule has 25 heavy (non-hydrogen) atoms. The molecule has 0 spiro atoms. The van der Waals surface area contributed by atoms with E-state index in [2.05, 4.69) is 38.1 Å². The standard InChI is InChI=1S/C21H24ClNOS/c1-3-15(4-2)13-21(24)23-14-20(16-9-11-17(22)12-10-16)25-19-8-6-5-7-18(19)23/h5-12,15,20H,3-4,13-14H2,1-2H3. The van der Waals surface area contributed by atoms with E-state index < -0.39 is 0 Å². The van der Waals surface area contributed by atoms with E-state index >= 15 is 0 Å². The van der Waals surface area contributed by atoms with Crippen molar-refractivity contribution in [1.82, 2.24) is 0 Å². The average molecular weight is 374 g/mol. The quantitative estimate of drug-likeness (QED) is 0.608. The summed E-state index contributed by atoms with van der Waals surface area (Å²) < 4.78 is 0. The molecule has 4 heteroatoms. The molecule has 1 amide bonds. The van der Waals surface area contributed by atoms with Crippen molar-refractivity contribution in [3.8, 4) is 0 Å². The van der Waals surface area contributed by atoms with Gasteiger partial charge >= 0.3 is 0 Å². The predicted octanol–water partition coefficient (Wildman–Crippen LogP) is 6.35. The van der Waals surface area contributed by atoms with Gasteiger partial charge in [-0.15, -0.1) is 11.8 Å². The Kier molecular flexibility index (Phi) is 6.08. The minimum atomic E-state index is 0.234. The number of hydrogen-bond acceptors (Lipinski definition) is 2. The highest BCUT2D eigenvalue weighted by molar-refractivity contribution is 7.99. The number of nitrogens with zero attached hydrogens (tertiary/aromatic N) is 1. The molecule has 132 valence electrons. The second kappa shape index (κ2) is 8.29. The molecule has 2 aromatic carbocycles. The molecule has 1 heterocycles. The van der Waals surface area contributed by atoms with Gasteiger partial charge in [-0.3, -0.25) is 4.79 Å². The summed E-state index contributed by atoms with van der Waals surface area (Å²) in [6.07, 6.45) is 2.72. The van der Waals surface area contributed by atoms with E-state index in [1.165, 1.54) is 10.5 Å². The number of rotatable bonds is 5. The van der Waals surface area contributed by atoms with Crippen LogP contribution in [0.15, 0.2) is 53.4 Å². The van der Waals surface area contributed by atoms with E-state index in [9.17, 15) is 4.79 Å². The summed E-state index contributed by atoms with van der Waals surface area (Å²) >= 11 is 7.86. The number of fused-ring (bicyclic) bond motifs is 1. The fourth-order valence-electron chi connectivity index (χ4n) is 3.26. The fraction of sp³-hybridized carbons (Fsp3) is 0.381. The minimum absolute atomic E-state index is 0.234. The summed E-state index contributed by atoms with van der Waals surface area (Å²) in [6, 6.07) is 16.2. The Morgan fingerprint density at radius 2 is 1.84 bits per heavy atom. The van der Waals surface area contributed by atoms with E-state index in [-0.39, 0.29) is 11.2 Å². The molecule has 2 aromatic rings. The summed E-state index contributed by atoms with van der Waals surface area (Å²) in [6.45, 7) is 5.04. The van der Waals surface area contributed by atoms with Gasteiger partial charge in [0.2, 0.25) is 5.91 Å². The molecule has 0 aromatic heterocycles. The number of para-hydroxylation sites is 1. The third-order valence-electron chi connectivity index (χ3n) is 4.93. The van der Waals surface area contributed by atoms with Crippen LogP contribution >= 0.6 is 23.4 Å². The van der Waals surface area contributed by atoms with E-state index in [4.69, 9.17) is 11.6 Å². The molecule has 1 atom stereocenters. The zero-order chi connectivity index (χ0) is 17.8. The lowest BCUT2D eigenvalue weighted by molar-refractivity contribution is -0.119. The highest BCUT2D eigenvalue weighted by Gasteiger charge is 2.30. The smallest absolute Gasteiger partial charge is 0.227 e. The van der Waals surface area contributed by atoms with Crippen molar-refractivity contribution >= 4 is 35.0 Å². The predicted molar refractivity (Wildman–Crippen MR) is 108 cm³/mol. The summed E-state index contributed by atoms with van der Waals surface area (Å²) in [5.74, 6) is 0.698. The SMILES string of the molecule is CCC(CC)CC(=O)N1CC(c2ccc(Cl)cc2)Sc2ccccc21. The Balaban J connectivity index is 1.88. The highest BCUT2D eigenvalue weighted by atomic mass is 35.5. The monoisotopic (exact) mass is 373 g/mol. The molecule has 2 nitrogen and oxygen atoms in total. The number of thioether (sulfide) groups is 1. The molecule has 0 bridgehead atoms. The van der Waals surface area contributed by atoms with Crippen LogP contribution in [0.4, 0.5) is 5.69 Å². The first-order valence-electron chi connectivity index (χ1n) is 8.93. The first-order chi connectivity index (χ1) is 12.1. The van der Waals surface area contributed by atoms with Gasteiger partial charge in [-0.2, -0.15) is 0 Å². The normalized spacial score (nSPS) is 16.8. The molecule has 0 aliphatic carbocycles. The molecule has 0 fully saturated rings. The maximum atomic E-state index is 13.0. The molecule has 3 rings (SSSR count). The van der Waals surface area contributed by atoms with Crippen LogP contribution in [0.2, 0.25) is 5.02 Å². The van der Waals surface area contributed by atoms with Gasteiger partial charge in [-0.05, 0) is 35.7 Å². The lowest BCUT2D eigenvalue weighted by Crippen LogP contribution is -2.37. The van der Waals surface area contributed by atoms with E-state index in [1.807, 2.05) is 40.9 Å². The van der Waals surface area contributed by atoms with Gasteiger partial charge in [-0.1, -0.05) is 62.6 Å². The molecule has 1 aliphatic heterocycles. The molecule has 0 radical (unpaired) electrons. The minimum Gasteiger partial charge on any atom is -0.310 e. The molecule has 0 N–H and O–H groups in total. The van der Waals surface area contributed by atoms with Crippen LogP contribution in [0.5, 0.6) is 0 Å². The Bertz CT molecular complexity index is 727. The number of anilines is 1. The Morgan fingerprint density at radius 1 is 1.16 bits per heavy atom. The van der Waals surface area contributed by atoms with E-state index in [0.717, 1.165) is 23.6 Å². The highest BCUT2D eigenvalue weighted by Crippen LogP contribution is 2.46. The van der Waals surface area contributed by atoms with Crippen molar-refractivity contribution in [2.45, 2.75) is 43.3 Å². The number of halogens is 1. The number of carbonyl (C=O) groups is 1. The summed E-state index contributed by atoms with van der Waals surface area (Å²) in [4.78, 5) is 16.2. The van der Waals surface area contributed by atoms with Crippen LogP contribution in [0.1, 0.15) is 43.9 Å². The maximum Gasteiger partial charge on any atom is 0.227 e. The fourth-order valence-corrected chi connectivity index (χ4v) is 4.66. The molecule has 0 saturated heterocycles. The summed E-state index contributed by atoms with van der Waals surface area (Å²) in [7, 11) is 0. The molecular weight excluding hydrogens is 350 g/mol. The topological polar surface area (TPSA) is 20.3 Å². The Labute approximate surface area is 159 Å². The average Bonchev–Trinajstić information content (AvgIpc) is 2.65. The second-order valence-electron chi connectivity index (χ2n) is 6.52. The van der Waals surface area contributed by atoms with Crippen LogP contribution < -0.4 is 4.90 Å². The number of benzene rings is 2. The van der Waals surface area contributed by atoms with Crippen LogP contribution in [-0.4, -0.2) is 12.5 Å². The van der Waals surface area contributed by atoms with Gasteiger partial charge in [0.05, 0.1) is 10.9 Å². The Morgan fingerprint density at radius 3 is 2.52 bits per heavy atom. The van der Waals surface area contributed by atoms with Crippen molar-refractivity contribution in [3.05, 3.63) is 59.1 Å². The van der Waals surface area contributed by atoms with Crippen LogP contribution in [0, 0.1) is 5.92 Å². The summed E-state index contributed by atoms with van der Waals surface area (Å²) in [5, 5.41) is 0.976. The van der Waals surface area contributed by atoms with Crippen LogP contribution in [0.3, 0.4) is 0 Å². The van der Waals surface area contributed by atoms with Crippen LogP contribution in [-0.2, 0) is 4.79 Å². The third kappa shape index (κ3) is 4.21. The summed E-state index contributed by atoms with van der Waals surface area (Å²) in [5.41, 5.74) is 2.26. The van der Waals surface area contributed by atoms with Crippen molar-refractivity contribution in [3.63, 3.8) is 0 Å².